The van der Waals surface area contributed by atoms with E-state index in [1.807, 2.05) is 6.07 Å². The molecule has 0 amide bonds. The third-order valence-electron chi connectivity index (χ3n) is 4.09. The van der Waals surface area contributed by atoms with Crippen LogP contribution in [0.15, 0.2) is 47.4 Å². The van der Waals surface area contributed by atoms with Gasteiger partial charge in [-0.25, -0.2) is 4.98 Å². The summed E-state index contributed by atoms with van der Waals surface area (Å²) in [5.74, 6) is 0.426. The first-order chi connectivity index (χ1) is 12.0. The quantitative estimate of drug-likeness (QED) is 0.704. The lowest BCUT2D eigenvalue weighted by atomic mass is 10.0. The van der Waals surface area contributed by atoms with E-state index in [1.54, 1.807) is 0 Å². The van der Waals surface area contributed by atoms with Crippen molar-refractivity contribution in [3.63, 3.8) is 0 Å². The van der Waals surface area contributed by atoms with Gasteiger partial charge in [0.2, 0.25) is 10.1 Å². The monoisotopic (exact) mass is 357 g/mol. The highest BCUT2D eigenvalue weighted by Crippen LogP contribution is 2.19. The molecule has 0 fully saturated rings. The maximum atomic E-state index is 11.8. The van der Waals surface area contributed by atoms with Gasteiger partial charge in [0, 0.05) is 31.4 Å². The summed E-state index contributed by atoms with van der Waals surface area (Å²) >= 11 is 1.40. The summed E-state index contributed by atoms with van der Waals surface area (Å²) in [6, 6.07) is 12.1. The van der Waals surface area contributed by atoms with Gasteiger partial charge in [0.1, 0.15) is 0 Å². The second kappa shape index (κ2) is 7.76. The number of hydrogen-bond donors (Lipinski definition) is 1. The van der Waals surface area contributed by atoms with E-state index in [2.05, 4.69) is 65.5 Å². The predicted octanol–water partition coefficient (Wildman–Crippen LogP) is 2.72. The third kappa shape index (κ3) is 4.43. The van der Waals surface area contributed by atoms with Crippen molar-refractivity contribution in [1.82, 2.24) is 19.5 Å². The highest BCUT2D eigenvalue weighted by atomic mass is 32.1. The summed E-state index contributed by atoms with van der Waals surface area (Å²) in [5.41, 5.74) is 1.14. The van der Waals surface area contributed by atoms with E-state index in [9.17, 15) is 4.79 Å². The van der Waals surface area contributed by atoms with Gasteiger partial charge in [-0.1, -0.05) is 55.5 Å². The number of rotatable bonds is 7. The van der Waals surface area contributed by atoms with Gasteiger partial charge >= 0.3 is 0 Å². The van der Waals surface area contributed by atoms with E-state index in [-0.39, 0.29) is 11.6 Å². The molecule has 0 aliphatic carbocycles. The summed E-state index contributed by atoms with van der Waals surface area (Å²) in [5, 5.41) is 8.56. The molecule has 1 aromatic carbocycles. The lowest BCUT2D eigenvalue weighted by molar-refractivity contribution is 0.286. The molecule has 0 aliphatic heterocycles. The minimum Gasteiger partial charge on any atom is -0.356 e. The molecule has 0 saturated carbocycles. The molecule has 2 heterocycles. The topological polar surface area (TPSA) is 62.5 Å². The van der Waals surface area contributed by atoms with Crippen molar-refractivity contribution in [3.8, 4) is 0 Å². The summed E-state index contributed by atoms with van der Waals surface area (Å²) < 4.78 is 1.35. The second-order valence-corrected chi connectivity index (χ2v) is 7.52. The molecule has 0 radical (unpaired) electrons. The molecule has 1 N–H and O–H groups in total. The molecule has 3 aromatic rings. The van der Waals surface area contributed by atoms with E-state index in [4.69, 9.17) is 0 Å². The molecule has 25 heavy (non-hydrogen) atoms. The standard InChI is InChI=1S/C18H23N5OS/c1-13(2)15(12-22(3)11-14-7-5-4-6-8-14)20-17-21-23-16(24)9-10-19-18(23)25-17/h4-10,13,15H,11-12H2,1-3H3,(H,20,21). The van der Waals surface area contributed by atoms with Crippen molar-refractivity contribution in [2.75, 3.05) is 18.9 Å². The minimum atomic E-state index is -0.156. The molecule has 0 bridgehead atoms. The Bertz CT molecular complexity index is 874. The predicted molar refractivity (Wildman–Crippen MR) is 102 cm³/mol. The normalized spacial score (nSPS) is 12.8. The molecule has 6 nitrogen and oxygen atoms in total. The first-order valence-corrected chi connectivity index (χ1v) is 9.18. The Morgan fingerprint density at radius 2 is 2.00 bits per heavy atom. The number of nitrogens with zero attached hydrogens (tertiary/aromatic N) is 4. The molecular formula is C18H23N5OS. The average molecular weight is 357 g/mol. The Morgan fingerprint density at radius 1 is 1.24 bits per heavy atom. The average Bonchev–Trinajstić information content (AvgIpc) is 2.99. The van der Waals surface area contributed by atoms with Crippen LogP contribution in [-0.2, 0) is 6.54 Å². The van der Waals surface area contributed by atoms with Crippen molar-refractivity contribution in [2.24, 2.45) is 5.92 Å². The van der Waals surface area contributed by atoms with Gasteiger partial charge < -0.3 is 10.2 Å². The summed E-state index contributed by atoms with van der Waals surface area (Å²) in [6.45, 7) is 6.15. The van der Waals surface area contributed by atoms with Gasteiger partial charge in [0.05, 0.1) is 0 Å². The third-order valence-corrected chi connectivity index (χ3v) is 4.94. The Morgan fingerprint density at radius 3 is 2.68 bits per heavy atom. The number of aromatic nitrogens is 3. The van der Waals surface area contributed by atoms with Crippen molar-refractivity contribution < 1.29 is 0 Å². The molecule has 3 rings (SSSR count). The lowest BCUT2D eigenvalue weighted by Gasteiger charge is -2.27. The van der Waals surface area contributed by atoms with Crippen LogP contribution < -0.4 is 10.9 Å². The number of benzene rings is 1. The van der Waals surface area contributed by atoms with Crippen LogP contribution >= 0.6 is 11.3 Å². The summed E-state index contributed by atoms with van der Waals surface area (Å²) in [7, 11) is 2.12. The minimum absolute atomic E-state index is 0.156. The van der Waals surface area contributed by atoms with Crippen molar-refractivity contribution in [1.29, 1.82) is 0 Å². The zero-order chi connectivity index (χ0) is 17.8. The Kier molecular flexibility index (Phi) is 5.45. The SMILES string of the molecule is CC(C)C(CN(C)Cc1ccccc1)Nc1nn2c(=O)ccnc2s1. The summed E-state index contributed by atoms with van der Waals surface area (Å²) in [4.78, 5) is 18.9. The van der Waals surface area contributed by atoms with E-state index in [1.165, 1.54) is 33.7 Å². The van der Waals surface area contributed by atoms with Gasteiger partial charge in [-0.05, 0) is 18.5 Å². The fraction of sp³-hybridized carbons (Fsp3) is 0.389. The molecular weight excluding hydrogens is 334 g/mol. The first-order valence-electron chi connectivity index (χ1n) is 8.37. The van der Waals surface area contributed by atoms with E-state index < -0.39 is 0 Å². The molecule has 1 atom stereocenters. The molecule has 2 aromatic heterocycles. The second-order valence-electron chi connectivity index (χ2n) is 6.56. The van der Waals surface area contributed by atoms with Crippen LogP contribution in [0.4, 0.5) is 5.13 Å². The number of hydrogen-bond acceptors (Lipinski definition) is 6. The fourth-order valence-corrected chi connectivity index (χ4v) is 3.52. The van der Waals surface area contributed by atoms with Crippen LogP contribution in [0.25, 0.3) is 4.96 Å². The zero-order valence-corrected chi connectivity index (χ0v) is 15.5. The van der Waals surface area contributed by atoms with Crippen LogP contribution in [0.5, 0.6) is 0 Å². The van der Waals surface area contributed by atoms with Gasteiger partial charge in [-0.3, -0.25) is 4.79 Å². The molecule has 0 spiro atoms. The van der Waals surface area contributed by atoms with E-state index in [0.29, 0.717) is 10.9 Å². The number of fused-ring (bicyclic) bond motifs is 1. The van der Waals surface area contributed by atoms with Crippen molar-refractivity contribution in [3.05, 3.63) is 58.5 Å². The molecule has 132 valence electrons. The van der Waals surface area contributed by atoms with Crippen LogP contribution in [-0.4, -0.2) is 39.1 Å². The van der Waals surface area contributed by atoms with Gasteiger partial charge in [-0.2, -0.15) is 4.52 Å². The molecule has 0 saturated heterocycles. The molecule has 1 unspecified atom stereocenters. The van der Waals surface area contributed by atoms with Gasteiger partial charge in [0.25, 0.3) is 5.56 Å². The van der Waals surface area contributed by atoms with Gasteiger partial charge in [-0.15, -0.1) is 5.10 Å². The number of anilines is 1. The van der Waals surface area contributed by atoms with Gasteiger partial charge in [0.15, 0.2) is 0 Å². The van der Waals surface area contributed by atoms with Crippen LogP contribution in [0.2, 0.25) is 0 Å². The van der Waals surface area contributed by atoms with Crippen LogP contribution in [0.3, 0.4) is 0 Å². The summed E-state index contributed by atoms with van der Waals surface area (Å²) in [6.07, 6.45) is 1.52. The first kappa shape index (κ1) is 17.6. The largest absolute Gasteiger partial charge is 0.356 e. The van der Waals surface area contributed by atoms with E-state index in [0.717, 1.165) is 18.2 Å². The molecule has 0 aliphatic rings. The van der Waals surface area contributed by atoms with Crippen LogP contribution in [0.1, 0.15) is 19.4 Å². The number of likely N-dealkylation sites (N-methyl/N-ethyl adjacent to an activating group) is 1. The lowest BCUT2D eigenvalue weighted by Crippen LogP contribution is -2.37. The Hall–Kier alpha value is -2.25. The fourth-order valence-electron chi connectivity index (χ4n) is 2.68. The zero-order valence-electron chi connectivity index (χ0n) is 14.7. The number of nitrogens with one attached hydrogen (secondary N) is 1. The van der Waals surface area contributed by atoms with Crippen LogP contribution in [0, 0.1) is 5.92 Å². The van der Waals surface area contributed by atoms with E-state index >= 15 is 0 Å². The maximum absolute atomic E-state index is 11.8. The smallest absolute Gasteiger partial charge is 0.275 e. The Labute approximate surface area is 151 Å². The maximum Gasteiger partial charge on any atom is 0.275 e. The highest BCUT2D eigenvalue weighted by molar-refractivity contribution is 7.20. The van der Waals surface area contributed by atoms with Crippen molar-refractivity contribution >= 4 is 21.4 Å². The van der Waals surface area contributed by atoms with Crippen molar-refractivity contribution in [2.45, 2.75) is 26.4 Å². The highest BCUT2D eigenvalue weighted by Gasteiger charge is 2.18. The molecule has 7 heteroatoms. The Balaban J connectivity index is 1.70.